The largest absolute Gasteiger partial charge is 0.241 e. The third kappa shape index (κ3) is 2.42. The van der Waals surface area contributed by atoms with Crippen molar-refractivity contribution in [2.75, 3.05) is 0 Å². The Morgan fingerprint density at radius 3 is 2.14 bits per heavy atom. The highest BCUT2D eigenvalue weighted by Crippen LogP contribution is 2.28. The number of thiazole rings is 1. The molecule has 1 nitrogen and oxygen atoms in total. The van der Waals surface area contributed by atoms with Gasteiger partial charge in [-0.05, 0) is 34.9 Å². The van der Waals surface area contributed by atoms with Gasteiger partial charge in [-0.15, -0.1) is 11.3 Å². The number of fused-ring (bicyclic) bond motifs is 1. The molecule has 0 saturated heterocycles. The van der Waals surface area contributed by atoms with Gasteiger partial charge in [0.1, 0.15) is 5.01 Å². The molecule has 4 aromatic rings. The summed E-state index contributed by atoms with van der Waals surface area (Å²) in [7, 11) is 0. The van der Waals surface area contributed by atoms with Crippen LogP contribution in [0, 0.1) is 6.92 Å². The Morgan fingerprint density at radius 1 is 0.727 bits per heavy atom. The Morgan fingerprint density at radius 2 is 1.41 bits per heavy atom. The molecule has 0 aliphatic heterocycles. The van der Waals surface area contributed by atoms with Crippen molar-refractivity contribution >= 4 is 22.1 Å². The SMILES string of the molecule is Cc1csc(-c2ccc(-c3ccc4ccccc4c3)cc2)n1. The van der Waals surface area contributed by atoms with E-state index in [0.29, 0.717) is 0 Å². The molecule has 0 radical (unpaired) electrons. The zero-order chi connectivity index (χ0) is 14.9. The lowest BCUT2D eigenvalue weighted by molar-refractivity contribution is 1.27. The molecule has 0 fully saturated rings. The first kappa shape index (κ1) is 13.2. The molecule has 0 amide bonds. The van der Waals surface area contributed by atoms with Crippen LogP contribution in [0.3, 0.4) is 0 Å². The number of aryl methyl sites for hydroxylation is 1. The number of hydrogen-bond donors (Lipinski definition) is 0. The minimum atomic E-state index is 1.08. The molecule has 0 spiro atoms. The molecule has 106 valence electrons. The Hall–Kier alpha value is -2.45. The molecule has 3 aromatic carbocycles. The van der Waals surface area contributed by atoms with Gasteiger partial charge >= 0.3 is 0 Å². The molecule has 0 bridgehead atoms. The van der Waals surface area contributed by atoms with Gasteiger partial charge in [-0.2, -0.15) is 0 Å². The van der Waals surface area contributed by atoms with E-state index >= 15 is 0 Å². The summed E-state index contributed by atoms with van der Waals surface area (Å²) in [5.74, 6) is 0. The molecule has 2 heteroatoms. The van der Waals surface area contributed by atoms with Crippen LogP contribution in [0.2, 0.25) is 0 Å². The van der Waals surface area contributed by atoms with Gasteiger partial charge < -0.3 is 0 Å². The minimum Gasteiger partial charge on any atom is -0.241 e. The molecule has 22 heavy (non-hydrogen) atoms. The summed E-state index contributed by atoms with van der Waals surface area (Å²) in [6, 6.07) is 23.7. The topological polar surface area (TPSA) is 12.9 Å². The molecule has 0 atom stereocenters. The lowest BCUT2D eigenvalue weighted by Gasteiger charge is -2.05. The van der Waals surface area contributed by atoms with E-state index in [1.807, 2.05) is 6.92 Å². The molecular formula is C20H15NS. The van der Waals surface area contributed by atoms with E-state index in [9.17, 15) is 0 Å². The lowest BCUT2D eigenvalue weighted by atomic mass is 10.0. The van der Waals surface area contributed by atoms with E-state index in [0.717, 1.165) is 10.7 Å². The minimum absolute atomic E-state index is 1.08. The van der Waals surface area contributed by atoms with Gasteiger partial charge in [0, 0.05) is 16.6 Å². The second-order valence-electron chi connectivity index (χ2n) is 5.43. The van der Waals surface area contributed by atoms with Crippen molar-refractivity contribution in [1.29, 1.82) is 0 Å². The summed E-state index contributed by atoms with van der Waals surface area (Å²) in [5, 5.41) is 5.73. The van der Waals surface area contributed by atoms with Crippen molar-refractivity contribution in [1.82, 2.24) is 4.98 Å². The van der Waals surface area contributed by atoms with E-state index in [2.05, 4.69) is 77.1 Å². The first-order valence-corrected chi connectivity index (χ1v) is 8.19. The van der Waals surface area contributed by atoms with Crippen molar-refractivity contribution in [3.8, 4) is 21.7 Å². The van der Waals surface area contributed by atoms with Gasteiger partial charge in [0.05, 0.1) is 0 Å². The zero-order valence-electron chi connectivity index (χ0n) is 12.3. The highest BCUT2D eigenvalue weighted by Gasteiger charge is 2.04. The molecular weight excluding hydrogens is 286 g/mol. The molecule has 0 unspecified atom stereocenters. The van der Waals surface area contributed by atoms with Gasteiger partial charge in [0.15, 0.2) is 0 Å². The van der Waals surface area contributed by atoms with Crippen LogP contribution in [-0.2, 0) is 0 Å². The highest BCUT2D eigenvalue weighted by molar-refractivity contribution is 7.13. The first-order chi connectivity index (χ1) is 10.8. The number of benzene rings is 3. The van der Waals surface area contributed by atoms with Crippen LogP contribution in [0.15, 0.2) is 72.1 Å². The van der Waals surface area contributed by atoms with E-state index in [1.165, 1.54) is 27.5 Å². The summed E-state index contributed by atoms with van der Waals surface area (Å²) in [4.78, 5) is 4.54. The second kappa shape index (κ2) is 5.39. The Balaban J connectivity index is 1.72. The fourth-order valence-electron chi connectivity index (χ4n) is 2.66. The third-order valence-corrected chi connectivity index (χ3v) is 4.84. The predicted molar refractivity (Wildman–Crippen MR) is 95.2 cm³/mol. The maximum Gasteiger partial charge on any atom is 0.123 e. The summed E-state index contributed by atoms with van der Waals surface area (Å²) in [6.07, 6.45) is 0. The van der Waals surface area contributed by atoms with Crippen LogP contribution in [-0.4, -0.2) is 4.98 Å². The maximum atomic E-state index is 4.54. The molecule has 0 N–H and O–H groups in total. The zero-order valence-corrected chi connectivity index (χ0v) is 13.1. The summed E-state index contributed by atoms with van der Waals surface area (Å²) in [5.41, 5.74) is 4.75. The van der Waals surface area contributed by atoms with Crippen LogP contribution >= 0.6 is 11.3 Å². The Labute approximate surface area is 133 Å². The fraction of sp³-hybridized carbons (Fsp3) is 0.0500. The van der Waals surface area contributed by atoms with Crippen LogP contribution in [0.4, 0.5) is 0 Å². The van der Waals surface area contributed by atoms with Gasteiger partial charge in [-0.3, -0.25) is 0 Å². The van der Waals surface area contributed by atoms with Crippen LogP contribution in [0.5, 0.6) is 0 Å². The van der Waals surface area contributed by atoms with Crippen molar-refractivity contribution in [3.63, 3.8) is 0 Å². The van der Waals surface area contributed by atoms with E-state index in [4.69, 9.17) is 0 Å². The highest BCUT2D eigenvalue weighted by atomic mass is 32.1. The maximum absolute atomic E-state index is 4.54. The van der Waals surface area contributed by atoms with Crippen LogP contribution in [0.1, 0.15) is 5.69 Å². The van der Waals surface area contributed by atoms with Crippen LogP contribution < -0.4 is 0 Å². The lowest BCUT2D eigenvalue weighted by Crippen LogP contribution is -1.81. The van der Waals surface area contributed by atoms with Crippen molar-refractivity contribution < 1.29 is 0 Å². The van der Waals surface area contributed by atoms with Gasteiger partial charge in [-0.25, -0.2) is 4.98 Å². The van der Waals surface area contributed by atoms with Gasteiger partial charge in [0.25, 0.3) is 0 Å². The smallest absolute Gasteiger partial charge is 0.123 e. The predicted octanol–water partition coefficient (Wildman–Crippen LogP) is 5.94. The normalized spacial score (nSPS) is 11.0. The summed E-state index contributed by atoms with van der Waals surface area (Å²) in [6.45, 7) is 2.03. The van der Waals surface area contributed by atoms with Crippen LogP contribution in [0.25, 0.3) is 32.5 Å². The van der Waals surface area contributed by atoms with E-state index in [1.54, 1.807) is 11.3 Å². The van der Waals surface area contributed by atoms with Crippen molar-refractivity contribution in [2.24, 2.45) is 0 Å². The molecule has 1 aromatic heterocycles. The number of aromatic nitrogens is 1. The van der Waals surface area contributed by atoms with E-state index in [-0.39, 0.29) is 0 Å². The monoisotopic (exact) mass is 301 g/mol. The quantitative estimate of drug-likeness (QED) is 0.446. The molecule has 0 aliphatic rings. The summed E-state index contributed by atoms with van der Waals surface area (Å²) >= 11 is 1.70. The Bertz CT molecular complexity index is 935. The summed E-state index contributed by atoms with van der Waals surface area (Å²) < 4.78 is 0. The fourth-order valence-corrected chi connectivity index (χ4v) is 3.46. The number of nitrogens with zero attached hydrogens (tertiary/aromatic N) is 1. The second-order valence-corrected chi connectivity index (χ2v) is 6.29. The van der Waals surface area contributed by atoms with E-state index < -0.39 is 0 Å². The van der Waals surface area contributed by atoms with Gasteiger partial charge in [0.2, 0.25) is 0 Å². The Kier molecular flexibility index (Phi) is 3.24. The third-order valence-electron chi connectivity index (χ3n) is 3.83. The average molecular weight is 301 g/mol. The number of rotatable bonds is 2. The molecule has 0 saturated carbocycles. The van der Waals surface area contributed by atoms with Crippen molar-refractivity contribution in [2.45, 2.75) is 6.92 Å². The van der Waals surface area contributed by atoms with Gasteiger partial charge in [-0.1, -0.05) is 60.7 Å². The molecule has 4 rings (SSSR count). The molecule has 1 heterocycles. The standard InChI is InChI=1S/C20H15NS/c1-14-13-22-20(21-14)17-9-6-16(7-10-17)19-11-8-15-4-2-3-5-18(15)12-19/h2-13H,1H3. The first-order valence-electron chi connectivity index (χ1n) is 7.31. The number of hydrogen-bond acceptors (Lipinski definition) is 2. The average Bonchev–Trinajstić information content (AvgIpc) is 3.01. The van der Waals surface area contributed by atoms with Crippen molar-refractivity contribution in [3.05, 3.63) is 77.8 Å². The molecule has 0 aliphatic carbocycles.